The van der Waals surface area contributed by atoms with Crippen molar-refractivity contribution in [2.24, 2.45) is 0 Å². The van der Waals surface area contributed by atoms with Gasteiger partial charge in [0.2, 0.25) is 5.91 Å². The molecular formula is C14H25N3O2. The Labute approximate surface area is 115 Å². The Balaban J connectivity index is 2.36. The minimum absolute atomic E-state index is 0.0585. The summed E-state index contributed by atoms with van der Waals surface area (Å²) in [5.41, 5.74) is 1.82. The molecule has 19 heavy (non-hydrogen) atoms. The Morgan fingerprint density at radius 1 is 1.32 bits per heavy atom. The highest BCUT2D eigenvalue weighted by molar-refractivity contribution is 5.76. The molecule has 5 heteroatoms. The van der Waals surface area contributed by atoms with Crippen molar-refractivity contribution in [3.63, 3.8) is 0 Å². The molecule has 0 bridgehead atoms. The summed E-state index contributed by atoms with van der Waals surface area (Å²) in [6.07, 6.45) is 1.38. The fraction of sp³-hybridized carbons (Fsp3) is 0.714. The van der Waals surface area contributed by atoms with Crippen LogP contribution in [0.15, 0.2) is 4.52 Å². The van der Waals surface area contributed by atoms with E-state index in [0.29, 0.717) is 12.5 Å². The van der Waals surface area contributed by atoms with Crippen LogP contribution in [0.3, 0.4) is 0 Å². The lowest BCUT2D eigenvalue weighted by molar-refractivity contribution is -0.121. The third-order valence-corrected chi connectivity index (χ3v) is 3.03. The van der Waals surface area contributed by atoms with Crippen LogP contribution in [0.25, 0.3) is 0 Å². The lowest BCUT2D eigenvalue weighted by atomic mass is 10.1. The molecule has 0 radical (unpaired) electrons. The zero-order valence-corrected chi connectivity index (χ0v) is 12.5. The van der Waals surface area contributed by atoms with Gasteiger partial charge in [-0.15, -0.1) is 0 Å². The maximum Gasteiger partial charge on any atom is 0.220 e. The number of carbonyl (C=O) groups excluding carboxylic acids is 1. The van der Waals surface area contributed by atoms with E-state index in [4.69, 9.17) is 4.52 Å². The van der Waals surface area contributed by atoms with Crippen LogP contribution < -0.4 is 10.6 Å². The zero-order valence-electron chi connectivity index (χ0n) is 12.5. The number of carbonyl (C=O) groups is 1. The Bertz CT molecular complexity index is 393. The van der Waals surface area contributed by atoms with Gasteiger partial charge in [0, 0.05) is 18.0 Å². The number of aromatic nitrogens is 1. The van der Waals surface area contributed by atoms with Crippen LogP contribution in [-0.2, 0) is 4.79 Å². The number of rotatable bonds is 7. The number of amides is 1. The van der Waals surface area contributed by atoms with E-state index in [0.717, 1.165) is 30.0 Å². The molecule has 1 atom stereocenters. The smallest absolute Gasteiger partial charge is 0.220 e. The summed E-state index contributed by atoms with van der Waals surface area (Å²) in [5, 5.41) is 10.2. The van der Waals surface area contributed by atoms with Gasteiger partial charge in [0.15, 0.2) is 0 Å². The Morgan fingerprint density at radius 3 is 2.53 bits per heavy atom. The highest BCUT2D eigenvalue weighted by atomic mass is 16.5. The maximum atomic E-state index is 11.8. The number of hydrogen-bond donors (Lipinski definition) is 2. The quantitative estimate of drug-likeness (QED) is 0.744. The van der Waals surface area contributed by atoms with E-state index >= 15 is 0 Å². The van der Waals surface area contributed by atoms with Crippen LogP contribution in [0.4, 0.5) is 0 Å². The molecule has 108 valence electrons. The lowest BCUT2D eigenvalue weighted by Gasteiger charge is -2.14. The van der Waals surface area contributed by atoms with Gasteiger partial charge in [-0.1, -0.05) is 19.0 Å². The summed E-state index contributed by atoms with van der Waals surface area (Å²) in [4.78, 5) is 11.8. The van der Waals surface area contributed by atoms with Crippen LogP contribution in [0.2, 0.25) is 0 Å². The van der Waals surface area contributed by atoms with Gasteiger partial charge in [-0.2, -0.15) is 0 Å². The van der Waals surface area contributed by atoms with Gasteiger partial charge in [-0.25, -0.2) is 0 Å². The van der Waals surface area contributed by atoms with Crippen molar-refractivity contribution in [1.82, 2.24) is 15.8 Å². The van der Waals surface area contributed by atoms with Crippen LogP contribution >= 0.6 is 0 Å². The van der Waals surface area contributed by atoms with Crippen LogP contribution in [0, 0.1) is 13.8 Å². The second kappa shape index (κ2) is 7.28. The van der Waals surface area contributed by atoms with Crippen LogP contribution in [0.1, 0.15) is 56.7 Å². The van der Waals surface area contributed by atoms with E-state index in [9.17, 15) is 4.79 Å². The van der Waals surface area contributed by atoms with E-state index in [2.05, 4.69) is 29.6 Å². The molecule has 5 nitrogen and oxygen atoms in total. The summed E-state index contributed by atoms with van der Waals surface area (Å²) in [5.74, 6) is 0.838. The monoisotopic (exact) mass is 267 g/mol. The topological polar surface area (TPSA) is 67.2 Å². The molecule has 0 aliphatic heterocycles. The van der Waals surface area contributed by atoms with Gasteiger partial charge in [0.05, 0.1) is 11.7 Å². The third kappa shape index (κ3) is 5.03. The minimum atomic E-state index is -0.0585. The maximum absolute atomic E-state index is 11.8. The molecule has 0 saturated carbocycles. The summed E-state index contributed by atoms with van der Waals surface area (Å²) in [7, 11) is 0. The summed E-state index contributed by atoms with van der Waals surface area (Å²) in [6.45, 7) is 10.8. The minimum Gasteiger partial charge on any atom is -0.361 e. The number of nitrogens with one attached hydrogen (secondary N) is 2. The van der Waals surface area contributed by atoms with Crippen molar-refractivity contribution < 1.29 is 9.32 Å². The summed E-state index contributed by atoms with van der Waals surface area (Å²) in [6, 6.07) is 0.404. The summed E-state index contributed by atoms with van der Waals surface area (Å²) >= 11 is 0. The predicted molar refractivity (Wildman–Crippen MR) is 74.9 cm³/mol. The first-order valence-electron chi connectivity index (χ1n) is 6.87. The Kier molecular flexibility index (Phi) is 6.02. The van der Waals surface area contributed by atoms with Crippen molar-refractivity contribution >= 4 is 5.91 Å². The molecule has 1 aromatic heterocycles. The van der Waals surface area contributed by atoms with Crippen molar-refractivity contribution in [1.29, 1.82) is 0 Å². The fourth-order valence-corrected chi connectivity index (χ4v) is 2.13. The highest BCUT2D eigenvalue weighted by Crippen LogP contribution is 2.20. The van der Waals surface area contributed by atoms with Gasteiger partial charge in [0.1, 0.15) is 5.76 Å². The Hall–Kier alpha value is -1.36. The fourth-order valence-electron chi connectivity index (χ4n) is 2.13. The molecule has 1 aromatic rings. The molecule has 0 saturated heterocycles. The number of hydrogen-bond acceptors (Lipinski definition) is 4. The largest absolute Gasteiger partial charge is 0.361 e. The van der Waals surface area contributed by atoms with E-state index in [1.807, 2.05) is 20.8 Å². The molecule has 1 unspecified atom stereocenters. The van der Waals surface area contributed by atoms with Crippen molar-refractivity contribution in [3.05, 3.63) is 17.0 Å². The lowest BCUT2D eigenvalue weighted by Crippen LogP contribution is -2.29. The molecule has 0 spiro atoms. The number of nitrogens with zero attached hydrogens (tertiary/aromatic N) is 1. The van der Waals surface area contributed by atoms with Crippen LogP contribution in [-0.4, -0.2) is 23.7 Å². The van der Waals surface area contributed by atoms with Gasteiger partial charge in [-0.3, -0.25) is 4.79 Å². The first kappa shape index (κ1) is 15.7. The standard InChI is InChI=1S/C14H25N3O2/c1-9(2)15-8-6-7-13(18)16-10(3)14-11(4)17-19-12(14)5/h9-10,15H,6-8H2,1-5H3,(H,16,18). The van der Waals surface area contributed by atoms with Gasteiger partial charge in [0.25, 0.3) is 0 Å². The third-order valence-electron chi connectivity index (χ3n) is 3.03. The van der Waals surface area contributed by atoms with E-state index in [1.165, 1.54) is 0 Å². The molecule has 0 aromatic carbocycles. The predicted octanol–water partition coefficient (Wildman–Crippen LogP) is 2.25. The Morgan fingerprint density at radius 2 is 2.00 bits per heavy atom. The molecule has 0 aliphatic rings. The summed E-state index contributed by atoms with van der Waals surface area (Å²) < 4.78 is 5.11. The van der Waals surface area contributed by atoms with Crippen LogP contribution in [0.5, 0.6) is 0 Å². The SMILES string of the molecule is Cc1noc(C)c1C(C)NC(=O)CCCNC(C)C. The first-order valence-corrected chi connectivity index (χ1v) is 6.87. The first-order chi connectivity index (χ1) is 8.91. The van der Waals surface area contributed by atoms with E-state index in [-0.39, 0.29) is 11.9 Å². The normalized spacial score (nSPS) is 12.7. The van der Waals surface area contributed by atoms with Gasteiger partial charge < -0.3 is 15.2 Å². The molecule has 0 aliphatic carbocycles. The van der Waals surface area contributed by atoms with Crippen molar-refractivity contribution in [3.8, 4) is 0 Å². The van der Waals surface area contributed by atoms with Crippen molar-refractivity contribution in [2.45, 2.75) is 59.5 Å². The molecule has 2 N–H and O–H groups in total. The molecule has 0 fully saturated rings. The second-order valence-corrected chi connectivity index (χ2v) is 5.24. The molecular weight excluding hydrogens is 242 g/mol. The van der Waals surface area contributed by atoms with Gasteiger partial charge >= 0.3 is 0 Å². The average Bonchev–Trinajstić information content (AvgIpc) is 2.64. The molecule has 1 rings (SSSR count). The van der Waals surface area contributed by atoms with Crippen molar-refractivity contribution in [2.75, 3.05) is 6.54 Å². The number of aryl methyl sites for hydroxylation is 2. The van der Waals surface area contributed by atoms with Gasteiger partial charge in [-0.05, 0) is 33.7 Å². The van der Waals surface area contributed by atoms with E-state index in [1.54, 1.807) is 0 Å². The van der Waals surface area contributed by atoms with E-state index < -0.39 is 0 Å². The average molecular weight is 267 g/mol. The molecule has 1 heterocycles. The second-order valence-electron chi connectivity index (χ2n) is 5.24. The zero-order chi connectivity index (χ0) is 14.4. The highest BCUT2D eigenvalue weighted by Gasteiger charge is 2.17. The molecule has 1 amide bonds.